The van der Waals surface area contributed by atoms with Crippen LogP contribution in [0.2, 0.25) is 0 Å². The van der Waals surface area contributed by atoms with Crippen LogP contribution in [0.3, 0.4) is 0 Å². The van der Waals surface area contributed by atoms with Gasteiger partial charge in [0.1, 0.15) is 0 Å². The van der Waals surface area contributed by atoms with E-state index in [-0.39, 0.29) is 4.90 Å². The number of halogens is 1. The Morgan fingerprint density at radius 1 is 1.10 bits per heavy atom. The molecule has 2 aromatic carbocycles. The van der Waals surface area contributed by atoms with Crippen molar-refractivity contribution in [3.05, 3.63) is 57.6 Å². The Hall–Kier alpha value is -1.37. The van der Waals surface area contributed by atoms with Crippen LogP contribution in [0.25, 0.3) is 0 Å². The molecule has 0 unspecified atom stereocenters. The average Bonchev–Trinajstić information content (AvgIpc) is 2.43. The molecule has 0 bridgehead atoms. The molecule has 0 saturated heterocycles. The van der Waals surface area contributed by atoms with E-state index in [4.69, 9.17) is 5.73 Å². The molecule has 0 aromatic heterocycles. The van der Waals surface area contributed by atoms with Gasteiger partial charge in [0.15, 0.2) is 0 Å². The molecular weight excluding hydrogens is 352 g/mol. The van der Waals surface area contributed by atoms with Gasteiger partial charge < -0.3 is 5.73 Å². The lowest BCUT2D eigenvalue weighted by atomic mass is 10.1. The Bertz CT molecular complexity index is 773. The fourth-order valence-electron chi connectivity index (χ4n) is 1.98. The van der Waals surface area contributed by atoms with E-state index in [1.54, 1.807) is 31.2 Å². The van der Waals surface area contributed by atoms with Crippen molar-refractivity contribution in [2.75, 3.05) is 4.72 Å². The van der Waals surface area contributed by atoms with E-state index in [2.05, 4.69) is 20.7 Å². The lowest BCUT2D eigenvalue weighted by Gasteiger charge is -2.12. The van der Waals surface area contributed by atoms with Crippen LogP contribution in [0.1, 0.15) is 16.7 Å². The Balaban J connectivity index is 2.40. The van der Waals surface area contributed by atoms with Gasteiger partial charge in [-0.1, -0.05) is 28.1 Å². The number of benzene rings is 2. The third-order valence-corrected chi connectivity index (χ3v) is 5.60. The van der Waals surface area contributed by atoms with Crippen LogP contribution in [0.15, 0.2) is 45.8 Å². The summed E-state index contributed by atoms with van der Waals surface area (Å²) in [5.41, 5.74) is 8.55. The zero-order valence-corrected chi connectivity index (χ0v) is 14.3. The second-order valence-electron chi connectivity index (χ2n) is 4.87. The summed E-state index contributed by atoms with van der Waals surface area (Å²) in [6.45, 7) is 3.98. The Kier molecular flexibility index (Phi) is 4.70. The van der Waals surface area contributed by atoms with E-state index < -0.39 is 10.0 Å². The largest absolute Gasteiger partial charge is 0.326 e. The standard InChI is InChI=1S/C15H17BrN2O2S/c1-10-3-4-12(9-17)8-15(10)21(19,20)18-13-5-6-14(16)11(2)7-13/h3-8,18H,9,17H2,1-2H3. The molecule has 0 radical (unpaired) electrons. The van der Waals surface area contributed by atoms with Gasteiger partial charge in [-0.25, -0.2) is 8.42 Å². The third kappa shape index (κ3) is 3.64. The Labute approximate surface area is 133 Å². The van der Waals surface area contributed by atoms with Crippen LogP contribution in [-0.2, 0) is 16.6 Å². The number of hydrogen-bond acceptors (Lipinski definition) is 3. The van der Waals surface area contributed by atoms with E-state index in [0.717, 1.165) is 15.6 Å². The molecule has 4 nitrogen and oxygen atoms in total. The molecule has 0 amide bonds. The van der Waals surface area contributed by atoms with Crippen molar-refractivity contribution < 1.29 is 8.42 Å². The summed E-state index contributed by atoms with van der Waals surface area (Å²) in [5, 5.41) is 0. The molecule has 2 aromatic rings. The van der Waals surface area contributed by atoms with Gasteiger partial charge in [0, 0.05) is 16.7 Å². The highest BCUT2D eigenvalue weighted by molar-refractivity contribution is 9.10. The molecule has 6 heteroatoms. The Morgan fingerprint density at radius 3 is 2.43 bits per heavy atom. The molecule has 0 heterocycles. The lowest BCUT2D eigenvalue weighted by Crippen LogP contribution is -2.15. The number of nitrogens with two attached hydrogens (primary N) is 1. The van der Waals surface area contributed by atoms with Gasteiger partial charge in [-0.3, -0.25) is 4.72 Å². The van der Waals surface area contributed by atoms with Gasteiger partial charge in [0.05, 0.1) is 4.90 Å². The highest BCUT2D eigenvalue weighted by Crippen LogP contribution is 2.24. The average molecular weight is 369 g/mol. The van der Waals surface area contributed by atoms with Crippen molar-refractivity contribution in [2.45, 2.75) is 25.3 Å². The number of rotatable bonds is 4. The maximum atomic E-state index is 12.5. The highest BCUT2D eigenvalue weighted by atomic mass is 79.9. The van der Waals surface area contributed by atoms with Gasteiger partial charge in [-0.05, 0) is 54.8 Å². The van der Waals surface area contributed by atoms with E-state index >= 15 is 0 Å². The van der Waals surface area contributed by atoms with Crippen LogP contribution in [-0.4, -0.2) is 8.42 Å². The number of aryl methyl sites for hydroxylation is 2. The van der Waals surface area contributed by atoms with E-state index in [1.165, 1.54) is 0 Å². The molecule has 0 atom stereocenters. The van der Waals surface area contributed by atoms with Crippen LogP contribution < -0.4 is 10.5 Å². The van der Waals surface area contributed by atoms with Crippen LogP contribution in [0.5, 0.6) is 0 Å². The van der Waals surface area contributed by atoms with E-state index in [0.29, 0.717) is 17.8 Å². The fourth-order valence-corrected chi connectivity index (χ4v) is 3.57. The molecule has 0 saturated carbocycles. The summed E-state index contributed by atoms with van der Waals surface area (Å²) in [7, 11) is -3.63. The van der Waals surface area contributed by atoms with Crippen molar-refractivity contribution in [1.82, 2.24) is 0 Å². The topological polar surface area (TPSA) is 72.2 Å². The van der Waals surface area contributed by atoms with Crippen LogP contribution in [0.4, 0.5) is 5.69 Å². The molecule has 0 aliphatic carbocycles. The van der Waals surface area contributed by atoms with Crippen molar-refractivity contribution in [1.29, 1.82) is 0 Å². The SMILES string of the molecule is Cc1cc(NS(=O)(=O)c2cc(CN)ccc2C)ccc1Br. The summed E-state index contributed by atoms with van der Waals surface area (Å²) >= 11 is 3.39. The highest BCUT2D eigenvalue weighted by Gasteiger charge is 2.17. The molecular formula is C15H17BrN2O2S. The summed E-state index contributed by atoms with van der Waals surface area (Å²) in [6, 6.07) is 10.5. The van der Waals surface area contributed by atoms with Crippen molar-refractivity contribution >= 4 is 31.6 Å². The van der Waals surface area contributed by atoms with Crippen molar-refractivity contribution in [2.24, 2.45) is 5.73 Å². The minimum atomic E-state index is -3.63. The predicted octanol–water partition coefficient (Wildman–Crippen LogP) is 3.33. The smallest absolute Gasteiger partial charge is 0.262 e. The minimum absolute atomic E-state index is 0.256. The monoisotopic (exact) mass is 368 g/mol. The van der Waals surface area contributed by atoms with Crippen LogP contribution in [0, 0.1) is 13.8 Å². The first-order chi connectivity index (χ1) is 9.83. The molecule has 2 rings (SSSR count). The second-order valence-corrected chi connectivity index (χ2v) is 7.38. The normalized spacial score (nSPS) is 11.4. The maximum absolute atomic E-state index is 12.5. The number of anilines is 1. The number of hydrogen-bond donors (Lipinski definition) is 2. The lowest BCUT2D eigenvalue weighted by molar-refractivity contribution is 0.600. The third-order valence-electron chi connectivity index (χ3n) is 3.19. The Morgan fingerprint density at radius 2 is 1.81 bits per heavy atom. The van der Waals surface area contributed by atoms with Crippen molar-refractivity contribution in [3.63, 3.8) is 0 Å². The van der Waals surface area contributed by atoms with E-state index in [9.17, 15) is 8.42 Å². The zero-order valence-electron chi connectivity index (χ0n) is 11.9. The van der Waals surface area contributed by atoms with Gasteiger partial charge >= 0.3 is 0 Å². The van der Waals surface area contributed by atoms with Crippen LogP contribution >= 0.6 is 15.9 Å². The van der Waals surface area contributed by atoms with Gasteiger partial charge in [-0.2, -0.15) is 0 Å². The predicted molar refractivity (Wildman–Crippen MR) is 88.8 cm³/mol. The fraction of sp³-hybridized carbons (Fsp3) is 0.200. The maximum Gasteiger partial charge on any atom is 0.262 e. The molecule has 3 N–H and O–H groups in total. The minimum Gasteiger partial charge on any atom is -0.326 e. The molecule has 0 aliphatic heterocycles. The zero-order chi connectivity index (χ0) is 15.6. The van der Waals surface area contributed by atoms with Gasteiger partial charge in [0.25, 0.3) is 10.0 Å². The molecule has 0 aliphatic rings. The first kappa shape index (κ1) is 16.0. The quantitative estimate of drug-likeness (QED) is 0.869. The number of sulfonamides is 1. The summed E-state index contributed by atoms with van der Waals surface area (Å²) < 4.78 is 28.6. The molecule has 0 fully saturated rings. The summed E-state index contributed by atoms with van der Waals surface area (Å²) in [4.78, 5) is 0.256. The van der Waals surface area contributed by atoms with Gasteiger partial charge in [0.2, 0.25) is 0 Å². The molecule has 112 valence electrons. The van der Waals surface area contributed by atoms with Crippen molar-refractivity contribution in [3.8, 4) is 0 Å². The van der Waals surface area contributed by atoms with E-state index in [1.807, 2.05) is 19.1 Å². The summed E-state index contributed by atoms with van der Waals surface area (Å²) in [6.07, 6.45) is 0. The molecule has 21 heavy (non-hydrogen) atoms. The number of nitrogens with one attached hydrogen (secondary N) is 1. The second kappa shape index (κ2) is 6.17. The van der Waals surface area contributed by atoms with Gasteiger partial charge in [-0.15, -0.1) is 0 Å². The summed E-state index contributed by atoms with van der Waals surface area (Å²) in [5.74, 6) is 0. The first-order valence-corrected chi connectivity index (χ1v) is 8.69. The molecule has 0 spiro atoms. The first-order valence-electron chi connectivity index (χ1n) is 6.42.